The van der Waals surface area contributed by atoms with Crippen LogP contribution in [0.4, 0.5) is 0 Å². The summed E-state index contributed by atoms with van der Waals surface area (Å²) in [6.45, 7) is 3.64. The first kappa shape index (κ1) is 17.1. The molecular weight excluding hydrogens is 274 g/mol. The highest BCUT2D eigenvalue weighted by Gasteiger charge is 2.22. The van der Waals surface area contributed by atoms with E-state index in [4.69, 9.17) is 25.1 Å². The van der Waals surface area contributed by atoms with Crippen LogP contribution in [0.2, 0.25) is 0 Å². The van der Waals surface area contributed by atoms with Gasteiger partial charge in [0.15, 0.2) is 17.6 Å². The van der Waals surface area contributed by atoms with E-state index in [1.807, 2.05) is 6.92 Å². The zero-order chi connectivity index (χ0) is 16.0. The summed E-state index contributed by atoms with van der Waals surface area (Å²) in [5.74, 6) is 0.137. The third-order valence-corrected chi connectivity index (χ3v) is 2.98. The van der Waals surface area contributed by atoms with Gasteiger partial charge < -0.3 is 25.1 Å². The molecule has 0 aromatic heterocycles. The van der Waals surface area contributed by atoms with E-state index in [2.05, 4.69) is 0 Å². The lowest BCUT2D eigenvalue weighted by Gasteiger charge is -2.19. The van der Waals surface area contributed by atoms with Gasteiger partial charge in [-0.2, -0.15) is 0 Å². The van der Waals surface area contributed by atoms with Gasteiger partial charge in [-0.1, -0.05) is 6.92 Å². The molecular formula is C15H23NO5. The zero-order valence-electron chi connectivity index (χ0n) is 12.9. The Labute approximate surface area is 124 Å². The van der Waals surface area contributed by atoms with E-state index in [0.29, 0.717) is 30.1 Å². The molecule has 0 spiro atoms. The Morgan fingerprint density at radius 3 is 2.14 bits per heavy atom. The van der Waals surface area contributed by atoms with E-state index in [1.54, 1.807) is 19.1 Å². The number of hydrogen-bond acceptors (Lipinski definition) is 5. The molecule has 0 aliphatic carbocycles. The SMILES string of the molecule is CCC(Oc1c(OC)cc(CC(C)N)cc1OC)C(=O)O. The summed E-state index contributed by atoms with van der Waals surface area (Å²) in [5, 5.41) is 9.11. The minimum atomic E-state index is -1.03. The summed E-state index contributed by atoms with van der Waals surface area (Å²) in [5.41, 5.74) is 6.74. The first-order valence-electron chi connectivity index (χ1n) is 6.82. The van der Waals surface area contributed by atoms with Gasteiger partial charge in [0, 0.05) is 6.04 Å². The minimum absolute atomic E-state index is 0.00593. The molecule has 3 N–H and O–H groups in total. The predicted octanol–water partition coefficient (Wildman–Crippen LogP) is 1.84. The number of carboxylic acids is 1. The van der Waals surface area contributed by atoms with Crippen molar-refractivity contribution in [2.45, 2.75) is 38.8 Å². The number of ether oxygens (including phenoxy) is 3. The van der Waals surface area contributed by atoms with Crippen molar-refractivity contribution in [1.29, 1.82) is 0 Å². The molecule has 0 bridgehead atoms. The van der Waals surface area contributed by atoms with E-state index in [0.717, 1.165) is 5.56 Å². The van der Waals surface area contributed by atoms with E-state index < -0.39 is 12.1 Å². The molecule has 0 amide bonds. The van der Waals surface area contributed by atoms with Crippen LogP contribution in [0.1, 0.15) is 25.8 Å². The molecule has 0 fully saturated rings. The highest BCUT2D eigenvalue weighted by Crippen LogP contribution is 2.39. The lowest BCUT2D eigenvalue weighted by molar-refractivity contribution is -0.145. The molecule has 21 heavy (non-hydrogen) atoms. The topological polar surface area (TPSA) is 91.0 Å². The lowest BCUT2D eigenvalue weighted by Crippen LogP contribution is -2.26. The first-order valence-corrected chi connectivity index (χ1v) is 6.82. The Balaban J connectivity index is 3.20. The van der Waals surface area contributed by atoms with Crippen molar-refractivity contribution in [3.8, 4) is 17.2 Å². The molecule has 6 heteroatoms. The number of carbonyl (C=O) groups is 1. The molecule has 0 heterocycles. The number of hydrogen-bond donors (Lipinski definition) is 2. The number of methoxy groups -OCH3 is 2. The maximum Gasteiger partial charge on any atom is 0.344 e. The number of benzene rings is 1. The first-order chi connectivity index (χ1) is 9.92. The molecule has 118 valence electrons. The van der Waals surface area contributed by atoms with Crippen LogP contribution < -0.4 is 19.9 Å². The molecule has 1 aromatic rings. The van der Waals surface area contributed by atoms with Crippen molar-refractivity contribution < 1.29 is 24.1 Å². The molecule has 0 saturated heterocycles. The maximum atomic E-state index is 11.1. The molecule has 0 radical (unpaired) electrons. The molecule has 2 atom stereocenters. The Morgan fingerprint density at radius 2 is 1.81 bits per heavy atom. The lowest BCUT2D eigenvalue weighted by atomic mass is 10.1. The van der Waals surface area contributed by atoms with Gasteiger partial charge in [0.1, 0.15) is 0 Å². The van der Waals surface area contributed by atoms with Crippen molar-refractivity contribution in [1.82, 2.24) is 0 Å². The monoisotopic (exact) mass is 297 g/mol. The minimum Gasteiger partial charge on any atom is -0.493 e. The number of aliphatic carboxylic acids is 1. The van der Waals surface area contributed by atoms with Gasteiger partial charge in [-0.15, -0.1) is 0 Å². The standard InChI is InChI=1S/C15H23NO5/c1-5-11(15(17)18)21-14-12(19-3)7-10(6-9(2)16)8-13(14)20-4/h7-9,11H,5-6,16H2,1-4H3,(H,17,18). The van der Waals surface area contributed by atoms with Crippen LogP contribution in [0, 0.1) is 0 Å². The Bertz CT molecular complexity index is 462. The largest absolute Gasteiger partial charge is 0.493 e. The second kappa shape index (κ2) is 7.73. The molecule has 1 rings (SSSR count). The van der Waals surface area contributed by atoms with Gasteiger partial charge in [-0.3, -0.25) is 0 Å². The Hall–Kier alpha value is -1.95. The number of carboxylic acid groups (broad SMARTS) is 1. The second-order valence-electron chi connectivity index (χ2n) is 4.86. The molecule has 0 aliphatic heterocycles. The second-order valence-corrected chi connectivity index (χ2v) is 4.86. The van der Waals surface area contributed by atoms with E-state index in [-0.39, 0.29) is 6.04 Å². The zero-order valence-corrected chi connectivity index (χ0v) is 12.9. The fourth-order valence-electron chi connectivity index (χ4n) is 1.99. The predicted molar refractivity (Wildman–Crippen MR) is 79.2 cm³/mol. The van der Waals surface area contributed by atoms with Crippen LogP contribution >= 0.6 is 0 Å². The van der Waals surface area contributed by atoms with Crippen molar-refractivity contribution >= 4 is 5.97 Å². The van der Waals surface area contributed by atoms with Crippen LogP contribution in [-0.2, 0) is 11.2 Å². The van der Waals surface area contributed by atoms with Gasteiger partial charge in [-0.05, 0) is 37.5 Å². The summed E-state index contributed by atoms with van der Waals surface area (Å²) in [7, 11) is 3.00. The van der Waals surface area contributed by atoms with Crippen LogP contribution in [0.3, 0.4) is 0 Å². The van der Waals surface area contributed by atoms with Gasteiger partial charge in [0.25, 0.3) is 0 Å². The van der Waals surface area contributed by atoms with Crippen molar-refractivity contribution in [3.63, 3.8) is 0 Å². The van der Waals surface area contributed by atoms with Crippen LogP contribution in [0.15, 0.2) is 12.1 Å². The summed E-state index contributed by atoms with van der Waals surface area (Å²) in [4.78, 5) is 11.1. The van der Waals surface area contributed by atoms with E-state index >= 15 is 0 Å². The average molecular weight is 297 g/mol. The van der Waals surface area contributed by atoms with Gasteiger partial charge in [0.2, 0.25) is 5.75 Å². The van der Waals surface area contributed by atoms with Gasteiger partial charge >= 0.3 is 5.97 Å². The van der Waals surface area contributed by atoms with Gasteiger partial charge in [-0.25, -0.2) is 4.79 Å². The summed E-state index contributed by atoms with van der Waals surface area (Å²) < 4.78 is 16.1. The highest BCUT2D eigenvalue weighted by atomic mass is 16.6. The molecule has 0 aliphatic rings. The van der Waals surface area contributed by atoms with Crippen molar-refractivity contribution in [3.05, 3.63) is 17.7 Å². The number of nitrogens with two attached hydrogens (primary N) is 1. The normalized spacial score (nSPS) is 13.4. The molecule has 0 saturated carbocycles. The Kier molecular flexibility index (Phi) is 6.30. The van der Waals surface area contributed by atoms with Crippen LogP contribution in [-0.4, -0.2) is 37.4 Å². The average Bonchev–Trinajstić information content (AvgIpc) is 2.43. The third-order valence-electron chi connectivity index (χ3n) is 2.98. The fraction of sp³-hybridized carbons (Fsp3) is 0.533. The quantitative estimate of drug-likeness (QED) is 0.760. The van der Waals surface area contributed by atoms with E-state index in [1.165, 1.54) is 14.2 Å². The van der Waals surface area contributed by atoms with E-state index in [9.17, 15) is 4.79 Å². The molecule has 2 unspecified atom stereocenters. The summed E-state index contributed by atoms with van der Waals surface area (Å²) >= 11 is 0. The Morgan fingerprint density at radius 1 is 1.29 bits per heavy atom. The van der Waals surface area contributed by atoms with Crippen LogP contribution in [0.5, 0.6) is 17.2 Å². The number of rotatable bonds is 8. The summed E-state index contributed by atoms with van der Waals surface area (Å²) in [6.07, 6.45) is 0.0406. The van der Waals surface area contributed by atoms with Gasteiger partial charge in [0.05, 0.1) is 14.2 Å². The van der Waals surface area contributed by atoms with Crippen molar-refractivity contribution in [2.75, 3.05) is 14.2 Å². The van der Waals surface area contributed by atoms with Crippen LogP contribution in [0.25, 0.3) is 0 Å². The van der Waals surface area contributed by atoms with Crippen molar-refractivity contribution in [2.24, 2.45) is 5.73 Å². The molecule has 6 nitrogen and oxygen atoms in total. The highest BCUT2D eigenvalue weighted by molar-refractivity contribution is 5.73. The molecule has 1 aromatic carbocycles. The smallest absolute Gasteiger partial charge is 0.344 e. The summed E-state index contributed by atoms with van der Waals surface area (Å²) in [6, 6.07) is 3.57. The third kappa shape index (κ3) is 4.53. The maximum absolute atomic E-state index is 11.1. The fourth-order valence-corrected chi connectivity index (χ4v) is 1.99.